The number of nitrogens with one attached hydrogen (secondary N) is 2. The highest BCUT2D eigenvalue weighted by atomic mass is 32.2. The van der Waals surface area contributed by atoms with E-state index in [0.29, 0.717) is 38.8 Å². The lowest BCUT2D eigenvalue weighted by Crippen LogP contribution is -2.14. The second-order valence-corrected chi connectivity index (χ2v) is 9.73. The van der Waals surface area contributed by atoms with Gasteiger partial charge in [0.15, 0.2) is 11.4 Å². The standard InChI is InChI=1S/C26H24N4O6S/c1-6-16-8-10-19(33-3)22(12-16)37(5,32)30-26-25-20(34-4)13-18(14-21(25)36-29-26)35-24-11-9-17(15-27-24)28-23(31)7-2/h2,8-15H,5-6H2,1,3-4H3,(H,28,31)(H,29,30,32). The van der Waals surface area contributed by atoms with E-state index in [2.05, 4.69) is 26.0 Å². The SMILES string of the molecule is C#CC(=O)Nc1ccc(Oc2cc(OC)c3c(NS(=C)(=O)c4cc(CC)ccc4OC)noc3c2)nc1. The van der Waals surface area contributed by atoms with E-state index >= 15 is 0 Å². The van der Waals surface area contributed by atoms with Gasteiger partial charge in [0.1, 0.15) is 22.6 Å². The first-order chi connectivity index (χ1) is 17.8. The Kier molecular flexibility index (Phi) is 7.22. The van der Waals surface area contributed by atoms with Crippen LogP contribution in [0.15, 0.2) is 58.1 Å². The van der Waals surface area contributed by atoms with Crippen LogP contribution in [-0.4, -0.2) is 40.3 Å². The molecule has 0 spiro atoms. The van der Waals surface area contributed by atoms with E-state index in [0.717, 1.165) is 12.0 Å². The average Bonchev–Trinajstić information content (AvgIpc) is 3.30. The fourth-order valence-corrected chi connectivity index (χ4v) is 4.89. The van der Waals surface area contributed by atoms with Gasteiger partial charge in [0.2, 0.25) is 5.88 Å². The predicted molar refractivity (Wildman–Crippen MR) is 142 cm³/mol. The van der Waals surface area contributed by atoms with Crippen molar-refractivity contribution < 1.29 is 27.7 Å². The molecule has 1 unspecified atom stereocenters. The summed E-state index contributed by atoms with van der Waals surface area (Å²) in [6, 6.07) is 11.8. The number of hydrogen-bond donors (Lipinski definition) is 2. The molecule has 2 N–H and O–H groups in total. The van der Waals surface area contributed by atoms with Gasteiger partial charge in [-0.2, -0.15) is 0 Å². The minimum Gasteiger partial charge on any atom is -0.496 e. The fraction of sp³-hybridized carbons (Fsp3) is 0.154. The number of pyridine rings is 1. The van der Waals surface area contributed by atoms with Crippen molar-refractivity contribution in [3.05, 3.63) is 54.2 Å². The maximum absolute atomic E-state index is 13.7. The number of nitrogens with zero attached hydrogens (tertiary/aromatic N) is 2. The minimum absolute atomic E-state index is 0.189. The summed E-state index contributed by atoms with van der Waals surface area (Å²) in [4.78, 5) is 15.9. The highest BCUT2D eigenvalue weighted by molar-refractivity contribution is 8.01. The lowest BCUT2D eigenvalue weighted by molar-refractivity contribution is -0.111. The van der Waals surface area contributed by atoms with Crippen molar-refractivity contribution in [2.45, 2.75) is 18.2 Å². The molecule has 4 rings (SSSR count). The monoisotopic (exact) mass is 520 g/mol. The molecular formula is C26H24N4O6S. The Hall–Kier alpha value is -4.69. The molecule has 37 heavy (non-hydrogen) atoms. The van der Waals surface area contributed by atoms with Crippen molar-refractivity contribution in [2.75, 3.05) is 24.3 Å². The van der Waals surface area contributed by atoms with Crippen LogP contribution in [0.2, 0.25) is 0 Å². The Morgan fingerprint density at radius 1 is 1.16 bits per heavy atom. The molecule has 0 aliphatic carbocycles. The van der Waals surface area contributed by atoms with E-state index < -0.39 is 15.6 Å². The third-order valence-corrected chi connectivity index (χ3v) is 6.88. The number of amides is 1. The van der Waals surface area contributed by atoms with Crippen molar-refractivity contribution in [3.8, 4) is 35.5 Å². The second-order valence-electron chi connectivity index (χ2n) is 7.73. The summed E-state index contributed by atoms with van der Waals surface area (Å²) in [6.07, 6.45) is 7.22. The van der Waals surface area contributed by atoms with Gasteiger partial charge in [-0.1, -0.05) is 18.1 Å². The van der Waals surface area contributed by atoms with E-state index in [-0.39, 0.29) is 11.7 Å². The molecule has 0 aliphatic heterocycles. The molecule has 1 amide bonds. The molecule has 190 valence electrons. The smallest absolute Gasteiger partial charge is 0.300 e. The second kappa shape index (κ2) is 10.5. The summed E-state index contributed by atoms with van der Waals surface area (Å²) >= 11 is 0. The molecule has 2 aromatic carbocycles. The zero-order chi connectivity index (χ0) is 26.6. The van der Waals surface area contributed by atoms with Gasteiger partial charge in [-0.25, -0.2) is 9.19 Å². The Balaban J connectivity index is 1.63. The van der Waals surface area contributed by atoms with Gasteiger partial charge in [-0.05, 0) is 42.0 Å². The summed E-state index contributed by atoms with van der Waals surface area (Å²) in [5.74, 6) is 6.89. The Morgan fingerprint density at radius 3 is 2.59 bits per heavy atom. The Labute approximate surface area is 214 Å². The van der Waals surface area contributed by atoms with Crippen LogP contribution < -0.4 is 24.2 Å². The van der Waals surface area contributed by atoms with Gasteiger partial charge in [0.25, 0.3) is 5.91 Å². The van der Waals surface area contributed by atoms with Gasteiger partial charge in [0.05, 0.1) is 40.7 Å². The van der Waals surface area contributed by atoms with Crippen LogP contribution in [0.25, 0.3) is 11.0 Å². The van der Waals surface area contributed by atoms with Crippen LogP contribution >= 0.6 is 0 Å². The lowest BCUT2D eigenvalue weighted by atomic mass is 10.2. The predicted octanol–water partition coefficient (Wildman–Crippen LogP) is 4.27. The summed E-state index contributed by atoms with van der Waals surface area (Å²) in [5, 5.41) is 7.00. The summed E-state index contributed by atoms with van der Waals surface area (Å²) in [6.45, 7) is 2.00. The van der Waals surface area contributed by atoms with Gasteiger partial charge in [-0.15, -0.1) is 6.42 Å². The number of aromatic nitrogens is 2. The van der Waals surface area contributed by atoms with E-state index in [4.69, 9.17) is 25.2 Å². The van der Waals surface area contributed by atoms with Crippen molar-refractivity contribution >= 4 is 44.0 Å². The molecule has 0 saturated heterocycles. The summed E-state index contributed by atoms with van der Waals surface area (Å²) in [5.41, 5.74) is 1.73. The molecule has 0 fully saturated rings. The first kappa shape index (κ1) is 25.4. The maximum atomic E-state index is 13.7. The molecule has 0 saturated carbocycles. The number of terminal acetylenes is 1. The molecule has 10 nitrogen and oxygen atoms in total. The molecule has 0 aliphatic rings. The molecule has 1 atom stereocenters. The zero-order valence-corrected chi connectivity index (χ0v) is 21.2. The number of ether oxygens (including phenoxy) is 3. The Morgan fingerprint density at radius 2 is 1.95 bits per heavy atom. The minimum atomic E-state index is -3.08. The lowest BCUT2D eigenvalue weighted by Gasteiger charge is -2.16. The molecule has 0 bridgehead atoms. The zero-order valence-electron chi connectivity index (χ0n) is 20.4. The van der Waals surface area contributed by atoms with E-state index in [9.17, 15) is 9.00 Å². The van der Waals surface area contributed by atoms with Crippen molar-refractivity contribution in [3.63, 3.8) is 0 Å². The molecule has 0 radical (unpaired) electrons. The van der Waals surface area contributed by atoms with Gasteiger partial charge in [0, 0.05) is 18.2 Å². The Bertz CT molecular complexity index is 1600. The quantitative estimate of drug-likeness (QED) is 0.248. The maximum Gasteiger partial charge on any atom is 0.300 e. The fourth-order valence-electron chi connectivity index (χ4n) is 3.51. The van der Waals surface area contributed by atoms with Crippen LogP contribution in [0.3, 0.4) is 0 Å². The van der Waals surface area contributed by atoms with Crippen LogP contribution in [0.4, 0.5) is 11.5 Å². The number of methoxy groups -OCH3 is 2. The number of aryl methyl sites for hydroxylation is 1. The molecular weight excluding hydrogens is 496 g/mol. The number of anilines is 2. The summed E-state index contributed by atoms with van der Waals surface area (Å²) < 4.78 is 38.8. The van der Waals surface area contributed by atoms with Crippen LogP contribution in [0.5, 0.6) is 23.1 Å². The average molecular weight is 521 g/mol. The van der Waals surface area contributed by atoms with E-state index in [1.165, 1.54) is 20.4 Å². The van der Waals surface area contributed by atoms with Gasteiger partial charge in [-0.3, -0.25) is 9.52 Å². The molecule has 4 aromatic rings. The van der Waals surface area contributed by atoms with Gasteiger partial charge < -0.3 is 24.1 Å². The highest BCUT2D eigenvalue weighted by Crippen LogP contribution is 2.38. The molecule has 11 heteroatoms. The molecule has 2 aromatic heterocycles. The number of rotatable bonds is 9. The number of fused-ring (bicyclic) bond motifs is 1. The van der Waals surface area contributed by atoms with Crippen LogP contribution in [0.1, 0.15) is 12.5 Å². The molecule has 2 heterocycles. The number of carbonyl (C=O) groups is 1. The third-order valence-electron chi connectivity index (χ3n) is 5.33. The van der Waals surface area contributed by atoms with Crippen LogP contribution in [-0.2, 0) is 20.9 Å². The van der Waals surface area contributed by atoms with Crippen molar-refractivity contribution in [1.29, 1.82) is 0 Å². The highest BCUT2D eigenvalue weighted by Gasteiger charge is 2.21. The van der Waals surface area contributed by atoms with Crippen molar-refractivity contribution in [1.82, 2.24) is 10.1 Å². The number of carbonyl (C=O) groups excluding carboxylic acids is 1. The van der Waals surface area contributed by atoms with E-state index in [1.54, 1.807) is 36.4 Å². The topological polar surface area (TPSA) is 125 Å². The van der Waals surface area contributed by atoms with Gasteiger partial charge >= 0.3 is 0 Å². The normalized spacial score (nSPS) is 12.3. The number of hydrogen-bond acceptors (Lipinski definition) is 8. The van der Waals surface area contributed by atoms with Crippen LogP contribution in [0, 0.1) is 12.3 Å². The largest absolute Gasteiger partial charge is 0.496 e. The first-order valence-corrected chi connectivity index (χ1v) is 12.7. The van der Waals surface area contributed by atoms with Crippen molar-refractivity contribution in [2.24, 2.45) is 0 Å². The summed E-state index contributed by atoms with van der Waals surface area (Å²) in [7, 11) is -0.101. The van der Waals surface area contributed by atoms with E-state index in [1.807, 2.05) is 18.9 Å². The first-order valence-electron chi connectivity index (χ1n) is 11.0. The number of benzene rings is 2. The third kappa shape index (κ3) is 5.44.